The molecule has 1 aromatic heterocycles. The molecule has 3 aromatic rings. The second kappa shape index (κ2) is 8.54. The largest absolute Gasteiger partial charge is 0.503 e. The molecule has 1 atom stereocenters. The van der Waals surface area contributed by atoms with E-state index >= 15 is 0 Å². The average molecular weight is 434 g/mol. The van der Waals surface area contributed by atoms with Crippen LogP contribution in [0.2, 0.25) is 0 Å². The number of methoxy groups -OCH3 is 1. The molecule has 1 N–H and O–H groups in total. The van der Waals surface area contributed by atoms with Crippen LogP contribution < -0.4 is 4.74 Å². The van der Waals surface area contributed by atoms with Crippen LogP contribution in [0.1, 0.15) is 60.8 Å². The summed E-state index contributed by atoms with van der Waals surface area (Å²) in [7, 11) is 1.53. The Morgan fingerprint density at radius 1 is 1.19 bits per heavy atom. The van der Waals surface area contributed by atoms with E-state index in [1.165, 1.54) is 7.11 Å². The van der Waals surface area contributed by atoms with Crippen LogP contribution in [-0.4, -0.2) is 35.4 Å². The Morgan fingerprint density at radius 2 is 1.91 bits per heavy atom. The van der Waals surface area contributed by atoms with Gasteiger partial charge in [0.2, 0.25) is 5.78 Å². The van der Waals surface area contributed by atoms with Crippen LogP contribution in [0, 0.1) is 0 Å². The predicted molar refractivity (Wildman–Crippen MR) is 122 cm³/mol. The number of carbonyl (C=O) groups excluding carboxylic acids is 2. The third-order valence-electron chi connectivity index (χ3n) is 5.88. The topological polar surface area (TPSA) is 80.0 Å². The first-order valence-electron chi connectivity index (χ1n) is 10.8. The Kier molecular flexibility index (Phi) is 5.78. The van der Waals surface area contributed by atoms with Crippen LogP contribution in [-0.2, 0) is 4.79 Å². The molecule has 0 saturated carbocycles. The molecule has 166 valence electrons. The third kappa shape index (κ3) is 3.55. The molecule has 0 bridgehead atoms. The highest BCUT2D eigenvalue weighted by molar-refractivity contribution is 6.16. The van der Waals surface area contributed by atoms with Gasteiger partial charge in [0.15, 0.2) is 22.9 Å². The molecule has 6 heteroatoms. The number of benzene rings is 2. The molecule has 6 nitrogen and oxygen atoms in total. The van der Waals surface area contributed by atoms with Gasteiger partial charge in [-0.3, -0.25) is 9.59 Å². The summed E-state index contributed by atoms with van der Waals surface area (Å²) in [5.74, 6) is -0.644. The van der Waals surface area contributed by atoms with E-state index in [1.54, 1.807) is 17.0 Å². The number of ketones is 1. The quantitative estimate of drug-likeness (QED) is 0.494. The molecular formula is C26H27NO5. The zero-order valence-corrected chi connectivity index (χ0v) is 18.7. The van der Waals surface area contributed by atoms with Gasteiger partial charge in [-0.05, 0) is 35.6 Å². The molecule has 4 rings (SSSR count). The molecule has 2 heterocycles. The number of Topliss-reactive ketones (excluding diaryl/α,β-unsaturated/α-hetero) is 1. The number of aliphatic hydroxyl groups is 1. The van der Waals surface area contributed by atoms with E-state index in [0.29, 0.717) is 35.6 Å². The summed E-state index contributed by atoms with van der Waals surface area (Å²) in [6.07, 6.45) is 0.697. The minimum Gasteiger partial charge on any atom is -0.503 e. The van der Waals surface area contributed by atoms with E-state index in [-0.39, 0.29) is 11.3 Å². The van der Waals surface area contributed by atoms with Gasteiger partial charge in [0.05, 0.1) is 18.7 Å². The lowest BCUT2D eigenvalue weighted by molar-refractivity contribution is -0.129. The number of aliphatic hydroxyl groups excluding tert-OH is 1. The van der Waals surface area contributed by atoms with E-state index in [2.05, 4.69) is 13.8 Å². The van der Waals surface area contributed by atoms with Gasteiger partial charge in [0, 0.05) is 11.9 Å². The van der Waals surface area contributed by atoms with Crippen molar-refractivity contribution in [1.29, 1.82) is 0 Å². The van der Waals surface area contributed by atoms with E-state index in [0.717, 1.165) is 11.1 Å². The molecule has 0 aliphatic carbocycles. The summed E-state index contributed by atoms with van der Waals surface area (Å²) < 4.78 is 11.2. The molecule has 2 aromatic carbocycles. The van der Waals surface area contributed by atoms with E-state index in [1.807, 2.05) is 43.3 Å². The number of hydrogen-bond acceptors (Lipinski definition) is 5. The first-order valence-corrected chi connectivity index (χ1v) is 10.8. The molecule has 32 heavy (non-hydrogen) atoms. The van der Waals surface area contributed by atoms with Gasteiger partial charge in [-0.15, -0.1) is 0 Å². The van der Waals surface area contributed by atoms with Crippen molar-refractivity contribution in [1.82, 2.24) is 4.90 Å². The second-order valence-corrected chi connectivity index (χ2v) is 8.30. The minimum absolute atomic E-state index is 0.0405. The van der Waals surface area contributed by atoms with E-state index in [4.69, 9.17) is 9.15 Å². The van der Waals surface area contributed by atoms with Crippen molar-refractivity contribution < 1.29 is 23.8 Å². The second-order valence-electron chi connectivity index (χ2n) is 8.30. The molecule has 0 saturated heterocycles. The molecule has 1 amide bonds. The number of ether oxygens (including phenoxy) is 1. The highest BCUT2D eigenvalue weighted by Gasteiger charge is 2.44. The molecule has 1 unspecified atom stereocenters. The SMILES string of the molecule is CCCN1C(=O)C(O)=C(C(=O)c2cc3cccc(OC)c3o2)C1c1ccc(C(C)C)cc1. The summed E-state index contributed by atoms with van der Waals surface area (Å²) in [6.45, 7) is 6.58. The van der Waals surface area contributed by atoms with Gasteiger partial charge in [-0.1, -0.05) is 57.2 Å². The number of furan rings is 1. The molecule has 1 aliphatic rings. The fraction of sp³-hybridized carbons (Fsp3) is 0.308. The number of carbonyl (C=O) groups is 2. The maximum absolute atomic E-state index is 13.5. The Hall–Kier alpha value is -3.54. The van der Waals surface area contributed by atoms with Crippen molar-refractivity contribution in [3.8, 4) is 5.75 Å². The van der Waals surface area contributed by atoms with Crippen molar-refractivity contribution in [2.24, 2.45) is 0 Å². The third-order valence-corrected chi connectivity index (χ3v) is 5.88. The van der Waals surface area contributed by atoms with Crippen LogP contribution in [0.15, 0.2) is 64.3 Å². The maximum Gasteiger partial charge on any atom is 0.290 e. The fourth-order valence-electron chi connectivity index (χ4n) is 4.21. The first-order chi connectivity index (χ1) is 15.4. The summed E-state index contributed by atoms with van der Waals surface area (Å²) in [5, 5.41) is 11.4. The number of amides is 1. The lowest BCUT2D eigenvalue weighted by Gasteiger charge is -2.26. The molecule has 0 fully saturated rings. The number of fused-ring (bicyclic) bond motifs is 1. The van der Waals surface area contributed by atoms with Crippen LogP contribution in [0.3, 0.4) is 0 Å². The minimum atomic E-state index is -0.675. The van der Waals surface area contributed by atoms with Crippen molar-refractivity contribution in [3.05, 3.63) is 76.8 Å². The highest BCUT2D eigenvalue weighted by Crippen LogP contribution is 2.40. The van der Waals surface area contributed by atoms with Crippen LogP contribution in [0.4, 0.5) is 0 Å². The van der Waals surface area contributed by atoms with Gasteiger partial charge < -0.3 is 19.2 Å². The number of nitrogens with zero attached hydrogens (tertiary/aromatic N) is 1. The summed E-state index contributed by atoms with van der Waals surface area (Å²) in [5.41, 5.74) is 2.42. The number of para-hydroxylation sites is 1. The fourth-order valence-corrected chi connectivity index (χ4v) is 4.21. The van der Waals surface area contributed by atoms with E-state index < -0.39 is 23.5 Å². The monoisotopic (exact) mass is 433 g/mol. The van der Waals surface area contributed by atoms with Gasteiger partial charge in [-0.25, -0.2) is 0 Å². The van der Waals surface area contributed by atoms with E-state index in [9.17, 15) is 14.7 Å². The van der Waals surface area contributed by atoms with Crippen LogP contribution >= 0.6 is 0 Å². The normalized spacial score (nSPS) is 16.5. The molecule has 0 radical (unpaired) electrons. The standard InChI is InChI=1S/C26H27NO5/c1-5-13-27-22(17-11-9-16(10-12-17)15(2)3)21(24(29)26(27)30)23(28)20-14-18-7-6-8-19(31-4)25(18)32-20/h6-12,14-15,22,29H,5,13H2,1-4H3. The van der Waals surface area contributed by atoms with Crippen LogP contribution in [0.25, 0.3) is 11.0 Å². The molecule has 0 spiro atoms. The smallest absolute Gasteiger partial charge is 0.290 e. The van der Waals surface area contributed by atoms with Gasteiger partial charge in [0.25, 0.3) is 5.91 Å². The van der Waals surface area contributed by atoms with Crippen molar-refractivity contribution in [2.75, 3.05) is 13.7 Å². The Balaban J connectivity index is 1.80. The lowest BCUT2D eigenvalue weighted by Crippen LogP contribution is -2.31. The number of hydrogen-bond donors (Lipinski definition) is 1. The lowest BCUT2D eigenvalue weighted by atomic mass is 9.93. The predicted octanol–water partition coefficient (Wildman–Crippen LogP) is 5.55. The average Bonchev–Trinajstić information content (AvgIpc) is 3.34. The van der Waals surface area contributed by atoms with Gasteiger partial charge in [0.1, 0.15) is 0 Å². The van der Waals surface area contributed by atoms with Crippen molar-refractivity contribution >= 4 is 22.7 Å². The Labute approximate surface area is 187 Å². The van der Waals surface area contributed by atoms with Gasteiger partial charge >= 0.3 is 0 Å². The molecule has 1 aliphatic heterocycles. The molecular weight excluding hydrogens is 406 g/mol. The Morgan fingerprint density at radius 3 is 2.53 bits per heavy atom. The van der Waals surface area contributed by atoms with Crippen molar-refractivity contribution in [2.45, 2.75) is 39.2 Å². The zero-order chi connectivity index (χ0) is 23.0. The first kappa shape index (κ1) is 21.7. The van der Waals surface area contributed by atoms with Gasteiger partial charge in [-0.2, -0.15) is 0 Å². The highest BCUT2D eigenvalue weighted by atomic mass is 16.5. The summed E-state index contributed by atoms with van der Waals surface area (Å²) in [6, 6.07) is 14.2. The maximum atomic E-state index is 13.5. The van der Waals surface area contributed by atoms with Crippen molar-refractivity contribution in [3.63, 3.8) is 0 Å². The zero-order valence-electron chi connectivity index (χ0n) is 18.7. The summed E-state index contributed by atoms with van der Waals surface area (Å²) in [4.78, 5) is 28.0. The summed E-state index contributed by atoms with van der Waals surface area (Å²) >= 11 is 0. The number of rotatable bonds is 7. The van der Waals surface area contributed by atoms with Crippen LogP contribution in [0.5, 0.6) is 5.75 Å². The Bertz CT molecular complexity index is 1200.